The molecule has 0 spiro atoms. The van der Waals surface area contributed by atoms with Gasteiger partial charge in [0, 0.05) is 12.1 Å². The van der Waals surface area contributed by atoms with Gasteiger partial charge in [0.05, 0.1) is 15.2 Å². The van der Waals surface area contributed by atoms with Crippen LogP contribution in [0.25, 0.3) is 10.2 Å². The minimum absolute atomic E-state index is 0.194. The molecule has 0 saturated carbocycles. The van der Waals surface area contributed by atoms with Gasteiger partial charge in [0.15, 0.2) is 0 Å². The van der Waals surface area contributed by atoms with Gasteiger partial charge in [-0.2, -0.15) is 0 Å². The number of thiazole rings is 1. The molecular formula is C17H15ClN2OS. The summed E-state index contributed by atoms with van der Waals surface area (Å²) in [5.41, 5.74) is 2.96. The highest BCUT2D eigenvalue weighted by atomic mass is 35.5. The largest absolute Gasteiger partial charge is 0.325 e. The van der Waals surface area contributed by atoms with Gasteiger partial charge < -0.3 is 5.32 Å². The fourth-order valence-corrected chi connectivity index (χ4v) is 3.17. The average Bonchev–Trinajstić information content (AvgIpc) is 2.91. The number of hydrogen-bond donors (Lipinski definition) is 1. The van der Waals surface area contributed by atoms with Gasteiger partial charge in [-0.05, 0) is 36.8 Å². The lowest BCUT2D eigenvalue weighted by Crippen LogP contribution is -2.20. The quantitative estimate of drug-likeness (QED) is 0.718. The van der Waals surface area contributed by atoms with Crippen LogP contribution in [0.3, 0.4) is 0 Å². The van der Waals surface area contributed by atoms with Crippen LogP contribution in [-0.2, 0) is 11.2 Å². The molecule has 1 aromatic heterocycles. The SMILES string of the molecule is CC(Cl)C(=O)Nc1ccc(Cc2nc3ccccc3s2)cc1. The van der Waals surface area contributed by atoms with Crippen LogP contribution in [0.4, 0.5) is 5.69 Å². The third kappa shape index (κ3) is 3.46. The molecule has 0 saturated heterocycles. The summed E-state index contributed by atoms with van der Waals surface area (Å²) in [5, 5.41) is 3.32. The topological polar surface area (TPSA) is 42.0 Å². The average molecular weight is 331 g/mol. The third-order valence-electron chi connectivity index (χ3n) is 3.28. The van der Waals surface area contributed by atoms with Crippen LogP contribution in [0.5, 0.6) is 0 Å². The molecule has 1 amide bonds. The fraction of sp³-hybridized carbons (Fsp3) is 0.176. The molecule has 22 heavy (non-hydrogen) atoms. The highest BCUT2D eigenvalue weighted by Gasteiger charge is 2.09. The minimum atomic E-state index is -0.539. The zero-order valence-corrected chi connectivity index (χ0v) is 13.6. The number of anilines is 1. The highest BCUT2D eigenvalue weighted by molar-refractivity contribution is 7.18. The minimum Gasteiger partial charge on any atom is -0.325 e. The Morgan fingerprint density at radius 3 is 2.64 bits per heavy atom. The Labute approximate surface area is 138 Å². The third-order valence-corrected chi connectivity index (χ3v) is 4.51. The Hall–Kier alpha value is -1.91. The van der Waals surface area contributed by atoms with Gasteiger partial charge in [0.1, 0.15) is 5.38 Å². The van der Waals surface area contributed by atoms with Gasteiger partial charge in [-0.15, -0.1) is 22.9 Å². The summed E-state index contributed by atoms with van der Waals surface area (Å²) in [7, 11) is 0. The normalized spacial score (nSPS) is 12.3. The van der Waals surface area contributed by atoms with Crippen molar-refractivity contribution < 1.29 is 4.79 Å². The summed E-state index contributed by atoms with van der Waals surface area (Å²) in [4.78, 5) is 16.2. The van der Waals surface area contributed by atoms with E-state index in [0.29, 0.717) is 0 Å². The van der Waals surface area contributed by atoms with E-state index in [4.69, 9.17) is 11.6 Å². The second-order valence-electron chi connectivity index (χ2n) is 5.05. The number of hydrogen-bond acceptors (Lipinski definition) is 3. The number of benzene rings is 2. The lowest BCUT2D eigenvalue weighted by atomic mass is 10.1. The monoisotopic (exact) mass is 330 g/mol. The fourth-order valence-electron chi connectivity index (χ4n) is 2.12. The van der Waals surface area contributed by atoms with Gasteiger partial charge in [0.2, 0.25) is 5.91 Å². The maximum Gasteiger partial charge on any atom is 0.242 e. The molecule has 112 valence electrons. The van der Waals surface area contributed by atoms with Crippen molar-refractivity contribution in [3.63, 3.8) is 0 Å². The van der Waals surface area contributed by atoms with Gasteiger partial charge in [-0.1, -0.05) is 24.3 Å². The number of rotatable bonds is 4. The van der Waals surface area contributed by atoms with Gasteiger partial charge in [-0.3, -0.25) is 4.79 Å². The molecule has 3 aromatic rings. The summed E-state index contributed by atoms with van der Waals surface area (Å²) < 4.78 is 1.21. The van der Waals surface area contributed by atoms with Gasteiger partial charge in [-0.25, -0.2) is 4.98 Å². The number of carbonyl (C=O) groups is 1. The molecule has 2 aromatic carbocycles. The zero-order valence-electron chi connectivity index (χ0n) is 12.0. The van der Waals surface area contributed by atoms with Crippen molar-refractivity contribution in [1.82, 2.24) is 4.98 Å². The number of nitrogens with zero attached hydrogens (tertiary/aromatic N) is 1. The van der Waals surface area contributed by atoms with E-state index in [1.807, 2.05) is 42.5 Å². The maximum atomic E-state index is 11.5. The van der Waals surface area contributed by atoms with E-state index in [9.17, 15) is 4.79 Å². The predicted octanol–water partition coefficient (Wildman–Crippen LogP) is 4.45. The van der Waals surface area contributed by atoms with E-state index in [2.05, 4.69) is 16.4 Å². The number of alkyl halides is 1. The van der Waals surface area contributed by atoms with Crippen LogP contribution < -0.4 is 5.32 Å². The smallest absolute Gasteiger partial charge is 0.242 e. The van der Waals surface area contributed by atoms with Crippen LogP contribution in [0.2, 0.25) is 0 Å². The molecule has 1 unspecified atom stereocenters. The molecule has 0 aliphatic carbocycles. The Bertz CT molecular complexity index is 763. The number of fused-ring (bicyclic) bond motifs is 1. The molecular weight excluding hydrogens is 316 g/mol. The van der Waals surface area contributed by atoms with Crippen molar-refractivity contribution in [3.05, 3.63) is 59.1 Å². The van der Waals surface area contributed by atoms with Crippen LogP contribution in [0.15, 0.2) is 48.5 Å². The zero-order chi connectivity index (χ0) is 15.5. The van der Waals surface area contributed by atoms with Crippen LogP contribution >= 0.6 is 22.9 Å². The van der Waals surface area contributed by atoms with Crippen LogP contribution in [0.1, 0.15) is 17.5 Å². The number of halogens is 1. The Balaban J connectivity index is 1.71. The van der Waals surface area contributed by atoms with E-state index >= 15 is 0 Å². The molecule has 3 rings (SSSR count). The number of carbonyl (C=O) groups excluding carboxylic acids is 1. The van der Waals surface area contributed by atoms with E-state index in [1.54, 1.807) is 18.3 Å². The molecule has 1 heterocycles. The first-order chi connectivity index (χ1) is 10.6. The van der Waals surface area contributed by atoms with E-state index in [-0.39, 0.29) is 5.91 Å². The molecule has 1 atom stereocenters. The molecule has 0 aliphatic rings. The predicted molar refractivity (Wildman–Crippen MR) is 92.8 cm³/mol. The Morgan fingerprint density at radius 2 is 1.95 bits per heavy atom. The van der Waals surface area contributed by atoms with Crippen molar-refractivity contribution in [3.8, 4) is 0 Å². The first-order valence-corrected chi connectivity index (χ1v) is 8.25. The first kappa shape index (κ1) is 15.0. The summed E-state index contributed by atoms with van der Waals surface area (Å²) in [5.74, 6) is -0.194. The van der Waals surface area contributed by atoms with Crippen LogP contribution in [0, 0.1) is 0 Å². The van der Waals surface area contributed by atoms with Crippen molar-refractivity contribution >= 4 is 44.7 Å². The molecule has 0 radical (unpaired) electrons. The van der Waals surface area contributed by atoms with Crippen molar-refractivity contribution in [1.29, 1.82) is 0 Å². The van der Waals surface area contributed by atoms with Crippen molar-refractivity contribution in [2.45, 2.75) is 18.7 Å². The lowest BCUT2D eigenvalue weighted by molar-refractivity contribution is -0.115. The molecule has 3 nitrogen and oxygen atoms in total. The second kappa shape index (κ2) is 6.46. The summed E-state index contributed by atoms with van der Waals surface area (Å²) in [6.07, 6.45) is 0.791. The second-order valence-corrected chi connectivity index (χ2v) is 6.82. The Kier molecular flexibility index (Phi) is 4.41. The summed E-state index contributed by atoms with van der Waals surface area (Å²) in [6.45, 7) is 1.65. The summed E-state index contributed by atoms with van der Waals surface area (Å²) >= 11 is 7.45. The Morgan fingerprint density at radius 1 is 1.23 bits per heavy atom. The molecule has 1 N–H and O–H groups in total. The number of para-hydroxylation sites is 1. The first-order valence-electron chi connectivity index (χ1n) is 7.00. The highest BCUT2D eigenvalue weighted by Crippen LogP contribution is 2.24. The molecule has 0 aliphatic heterocycles. The van der Waals surface area contributed by atoms with Crippen molar-refractivity contribution in [2.24, 2.45) is 0 Å². The summed E-state index contributed by atoms with van der Waals surface area (Å²) in [6, 6.07) is 15.9. The van der Waals surface area contributed by atoms with Gasteiger partial charge in [0.25, 0.3) is 0 Å². The van der Waals surface area contributed by atoms with Crippen LogP contribution in [-0.4, -0.2) is 16.3 Å². The number of nitrogens with one attached hydrogen (secondary N) is 1. The van der Waals surface area contributed by atoms with E-state index in [1.165, 1.54) is 4.70 Å². The van der Waals surface area contributed by atoms with Crippen molar-refractivity contribution in [2.75, 3.05) is 5.32 Å². The molecule has 0 fully saturated rings. The number of aromatic nitrogens is 1. The molecule has 5 heteroatoms. The maximum absolute atomic E-state index is 11.5. The molecule has 0 bridgehead atoms. The number of amides is 1. The standard InChI is InChI=1S/C17H15ClN2OS/c1-11(18)17(21)19-13-8-6-12(7-9-13)10-16-20-14-4-2-3-5-15(14)22-16/h2-9,11H,10H2,1H3,(H,19,21). The van der Waals surface area contributed by atoms with Gasteiger partial charge >= 0.3 is 0 Å². The van der Waals surface area contributed by atoms with E-state index in [0.717, 1.165) is 28.2 Å². The van der Waals surface area contributed by atoms with E-state index < -0.39 is 5.38 Å². The lowest BCUT2D eigenvalue weighted by Gasteiger charge is -2.07.